The Bertz CT molecular complexity index is 414. The number of rotatable bonds is 3. The maximum atomic E-state index is 11.0. The third-order valence-electron chi connectivity index (χ3n) is 2.32. The van der Waals surface area contributed by atoms with Crippen molar-refractivity contribution in [2.24, 2.45) is 0 Å². The number of benzene rings is 1. The Morgan fingerprint density at radius 2 is 2.35 bits per heavy atom. The first-order valence-corrected chi connectivity index (χ1v) is 5.85. The molecule has 1 aromatic rings. The van der Waals surface area contributed by atoms with E-state index in [1.807, 2.05) is 25.1 Å². The molecule has 1 aliphatic rings. The summed E-state index contributed by atoms with van der Waals surface area (Å²) in [4.78, 5) is 11.0. The van der Waals surface area contributed by atoms with Crippen LogP contribution in [0.25, 0.3) is 0 Å². The maximum absolute atomic E-state index is 11.0. The Morgan fingerprint density at radius 3 is 2.94 bits per heavy atom. The van der Waals surface area contributed by atoms with Crippen molar-refractivity contribution in [2.45, 2.75) is 13.0 Å². The van der Waals surface area contributed by atoms with Gasteiger partial charge >= 0.3 is 6.09 Å². The summed E-state index contributed by atoms with van der Waals surface area (Å²) < 4.78 is 11.3. The van der Waals surface area contributed by atoms with Crippen LogP contribution >= 0.6 is 28.3 Å². The number of nitrogens with one attached hydrogen (secondary N) is 1. The highest BCUT2D eigenvalue weighted by Gasteiger charge is 2.26. The van der Waals surface area contributed by atoms with Crippen molar-refractivity contribution in [3.63, 3.8) is 0 Å². The quantitative estimate of drug-likeness (QED) is 0.930. The molecule has 0 spiro atoms. The van der Waals surface area contributed by atoms with Crippen molar-refractivity contribution in [1.82, 2.24) is 5.32 Å². The van der Waals surface area contributed by atoms with Gasteiger partial charge in [-0.2, -0.15) is 0 Å². The largest absolute Gasteiger partial charge is 0.494 e. The van der Waals surface area contributed by atoms with Crippen molar-refractivity contribution in [3.05, 3.63) is 28.2 Å². The van der Waals surface area contributed by atoms with E-state index < -0.39 is 0 Å². The van der Waals surface area contributed by atoms with Crippen LogP contribution in [0, 0.1) is 0 Å². The summed E-state index contributed by atoms with van der Waals surface area (Å²) in [5, 5.41) is 2.73. The Balaban J connectivity index is 0.00000144. The molecule has 1 aromatic carbocycles. The Kier molecular flexibility index (Phi) is 5.08. The lowest BCUT2D eigenvalue weighted by Gasteiger charge is -2.14. The van der Waals surface area contributed by atoms with Gasteiger partial charge < -0.3 is 14.8 Å². The highest BCUT2D eigenvalue weighted by Crippen LogP contribution is 2.30. The molecule has 0 radical (unpaired) electrons. The van der Waals surface area contributed by atoms with Gasteiger partial charge in [0.05, 0.1) is 12.6 Å². The first-order chi connectivity index (χ1) is 7.70. The molecule has 0 aromatic heterocycles. The van der Waals surface area contributed by atoms with Gasteiger partial charge in [0.1, 0.15) is 12.4 Å². The van der Waals surface area contributed by atoms with Gasteiger partial charge in [0.2, 0.25) is 0 Å². The topological polar surface area (TPSA) is 47.6 Å². The predicted molar refractivity (Wildman–Crippen MR) is 69.8 cm³/mol. The van der Waals surface area contributed by atoms with Gasteiger partial charge in [-0.25, -0.2) is 4.79 Å². The van der Waals surface area contributed by atoms with Crippen molar-refractivity contribution < 1.29 is 14.3 Å². The second-order valence-electron chi connectivity index (χ2n) is 3.41. The number of hydrogen-bond acceptors (Lipinski definition) is 3. The van der Waals surface area contributed by atoms with Crippen LogP contribution in [0.2, 0.25) is 0 Å². The Morgan fingerprint density at radius 1 is 1.59 bits per heavy atom. The molecule has 2 rings (SSSR count). The molecule has 0 saturated carbocycles. The molecule has 0 aliphatic carbocycles. The van der Waals surface area contributed by atoms with E-state index in [0.717, 1.165) is 15.8 Å². The van der Waals surface area contributed by atoms with Crippen LogP contribution in [0.4, 0.5) is 4.79 Å². The number of carbonyl (C=O) groups excluding carboxylic acids is 1. The normalized spacial score (nSPS) is 18.0. The highest BCUT2D eigenvalue weighted by atomic mass is 79.9. The predicted octanol–water partition coefficient (Wildman–Crippen LogP) is 3.05. The van der Waals surface area contributed by atoms with Crippen LogP contribution in [0.3, 0.4) is 0 Å². The Labute approximate surface area is 114 Å². The molecule has 1 N–H and O–H groups in total. The fourth-order valence-electron chi connectivity index (χ4n) is 1.63. The third-order valence-corrected chi connectivity index (χ3v) is 2.81. The molecule has 1 aliphatic heterocycles. The number of halogens is 2. The van der Waals surface area contributed by atoms with Gasteiger partial charge in [-0.3, -0.25) is 0 Å². The standard InChI is InChI=1S/C11H12BrNO3.ClH/c1-2-15-10-4-3-7(12)5-8(10)9-6-16-11(14)13-9;/h3-5,9H,2,6H2,1H3,(H,13,14);1H/t9-;/m1./s1. The first-order valence-electron chi connectivity index (χ1n) is 5.06. The van der Waals surface area contributed by atoms with Crippen LogP contribution in [0.1, 0.15) is 18.5 Å². The zero-order valence-corrected chi connectivity index (χ0v) is 11.6. The maximum Gasteiger partial charge on any atom is 0.407 e. The minimum atomic E-state index is -0.382. The van der Waals surface area contributed by atoms with E-state index in [4.69, 9.17) is 9.47 Å². The molecule has 6 heteroatoms. The summed E-state index contributed by atoms with van der Waals surface area (Å²) in [5.74, 6) is 0.779. The van der Waals surface area contributed by atoms with E-state index in [9.17, 15) is 4.79 Å². The fourth-order valence-corrected chi connectivity index (χ4v) is 2.01. The summed E-state index contributed by atoms with van der Waals surface area (Å²) in [7, 11) is 0. The zero-order chi connectivity index (χ0) is 11.5. The summed E-state index contributed by atoms with van der Waals surface area (Å²) in [6.45, 7) is 2.86. The Hall–Kier alpha value is -0.940. The van der Waals surface area contributed by atoms with Crippen molar-refractivity contribution in [1.29, 1.82) is 0 Å². The number of alkyl carbamates (subject to hydrolysis) is 1. The molecule has 4 nitrogen and oxygen atoms in total. The van der Waals surface area contributed by atoms with Gasteiger partial charge in [0.25, 0.3) is 0 Å². The van der Waals surface area contributed by atoms with Gasteiger partial charge in [-0.05, 0) is 25.1 Å². The summed E-state index contributed by atoms with van der Waals surface area (Å²) in [5.41, 5.74) is 0.932. The molecule has 0 bridgehead atoms. The van der Waals surface area contributed by atoms with Crippen molar-refractivity contribution in [2.75, 3.05) is 13.2 Å². The highest BCUT2D eigenvalue weighted by molar-refractivity contribution is 9.10. The lowest BCUT2D eigenvalue weighted by molar-refractivity contribution is 0.176. The molecular weight excluding hydrogens is 309 g/mol. The van der Waals surface area contributed by atoms with Crippen LogP contribution < -0.4 is 10.1 Å². The van der Waals surface area contributed by atoms with Crippen LogP contribution in [-0.2, 0) is 4.74 Å². The fraction of sp³-hybridized carbons (Fsp3) is 0.364. The van der Waals surface area contributed by atoms with Crippen molar-refractivity contribution >= 4 is 34.4 Å². The van der Waals surface area contributed by atoms with Gasteiger partial charge in [0, 0.05) is 10.0 Å². The number of carbonyl (C=O) groups is 1. The molecule has 1 saturated heterocycles. The second-order valence-corrected chi connectivity index (χ2v) is 4.33. The van der Waals surface area contributed by atoms with Gasteiger partial charge in [-0.15, -0.1) is 12.4 Å². The molecule has 94 valence electrons. The summed E-state index contributed by atoms with van der Waals surface area (Å²) in [6.07, 6.45) is -0.382. The number of ether oxygens (including phenoxy) is 2. The number of amides is 1. The summed E-state index contributed by atoms with van der Waals surface area (Å²) >= 11 is 3.40. The summed E-state index contributed by atoms with van der Waals surface area (Å²) in [6, 6.07) is 5.59. The average Bonchev–Trinajstić information content (AvgIpc) is 2.68. The monoisotopic (exact) mass is 321 g/mol. The van der Waals surface area contributed by atoms with Gasteiger partial charge in [-0.1, -0.05) is 15.9 Å². The zero-order valence-electron chi connectivity index (χ0n) is 9.23. The van der Waals surface area contributed by atoms with E-state index in [-0.39, 0.29) is 24.5 Å². The SMILES string of the molecule is CCOc1ccc(Br)cc1[C@H]1COC(=O)N1.Cl. The molecule has 1 amide bonds. The minimum absolute atomic E-state index is 0. The van der Waals surface area contributed by atoms with Crippen LogP contribution in [0.15, 0.2) is 22.7 Å². The van der Waals surface area contributed by atoms with E-state index in [2.05, 4.69) is 21.2 Å². The minimum Gasteiger partial charge on any atom is -0.494 e. The number of hydrogen-bond donors (Lipinski definition) is 1. The lowest BCUT2D eigenvalue weighted by atomic mass is 10.1. The van der Waals surface area contributed by atoms with E-state index in [0.29, 0.717) is 13.2 Å². The third kappa shape index (κ3) is 3.26. The molecule has 1 heterocycles. The molecule has 1 fully saturated rings. The molecule has 17 heavy (non-hydrogen) atoms. The molecule has 1 atom stereocenters. The first kappa shape index (κ1) is 14.1. The van der Waals surface area contributed by atoms with Crippen molar-refractivity contribution in [3.8, 4) is 5.75 Å². The number of cyclic esters (lactones) is 1. The van der Waals surface area contributed by atoms with Crippen LogP contribution in [0.5, 0.6) is 5.75 Å². The molecule has 0 unspecified atom stereocenters. The second kappa shape index (κ2) is 6.12. The van der Waals surface area contributed by atoms with E-state index >= 15 is 0 Å². The van der Waals surface area contributed by atoms with Crippen LogP contribution in [-0.4, -0.2) is 19.3 Å². The van der Waals surface area contributed by atoms with Gasteiger partial charge in [0.15, 0.2) is 0 Å². The van der Waals surface area contributed by atoms with E-state index in [1.54, 1.807) is 0 Å². The van der Waals surface area contributed by atoms with E-state index in [1.165, 1.54) is 0 Å². The molecular formula is C11H13BrClNO3. The lowest BCUT2D eigenvalue weighted by Crippen LogP contribution is -2.19. The smallest absolute Gasteiger partial charge is 0.407 e. The average molecular weight is 323 g/mol.